The van der Waals surface area contributed by atoms with Crippen LogP contribution in [0.5, 0.6) is 5.75 Å². The van der Waals surface area contributed by atoms with Crippen molar-refractivity contribution < 1.29 is 9.53 Å². The van der Waals surface area contributed by atoms with Crippen LogP contribution in [0.3, 0.4) is 0 Å². The molecule has 0 bridgehead atoms. The van der Waals surface area contributed by atoms with Crippen LogP contribution in [0.15, 0.2) is 48.5 Å². The molecule has 0 unspecified atom stereocenters. The third kappa shape index (κ3) is 5.66. The molecule has 0 radical (unpaired) electrons. The van der Waals surface area contributed by atoms with Gasteiger partial charge in [-0.05, 0) is 49.2 Å². The van der Waals surface area contributed by atoms with Crippen molar-refractivity contribution in [3.8, 4) is 5.75 Å². The van der Waals surface area contributed by atoms with Gasteiger partial charge in [-0.15, -0.1) is 0 Å². The lowest BCUT2D eigenvalue weighted by atomic mass is 10.1. The van der Waals surface area contributed by atoms with E-state index in [1.807, 2.05) is 42.3 Å². The highest BCUT2D eigenvalue weighted by molar-refractivity contribution is 5.81. The van der Waals surface area contributed by atoms with Crippen molar-refractivity contribution in [3.63, 3.8) is 0 Å². The standard InChI is InChI=1S/C19H24N2O2/c1-15-11-16(2)13-17(12-15)21(3)14-19(22)20-9-10-23-18-7-5-4-6-8-18/h4-8,11-13H,9-10,14H2,1-3H3,(H,20,22). The summed E-state index contributed by atoms with van der Waals surface area (Å²) in [6.07, 6.45) is 0. The van der Waals surface area contributed by atoms with Crippen LogP contribution in [0.1, 0.15) is 11.1 Å². The number of carbonyl (C=O) groups excluding carboxylic acids is 1. The number of nitrogens with zero attached hydrogens (tertiary/aromatic N) is 1. The van der Waals surface area contributed by atoms with E-state index in [0.717, 1.165) is 11.4 Å². The van der Waals surface area contributed by atoms with Gasteiger partial charge in [0.05, 0.1) is 13.1 Å². The topological polar surface area (TPSA) is 41.6 Å². The van der Waals surface area contributed by atoms with Crippen molar-refractivity contribution in [1.82, 2.24) is 5.32 Å². The number of rotatable bonds is 7. The second kappa shape index (κ2) is 8.22. The Morgan fingerprint density at radius 2 is 1.74 bits per heavy atom. The summed E-state index contributed by atoms with van der Waals surface area (Å²) in [6.45, 7) is 5.41. The van der Waals surface area contributed by atoms with E-state index in [9.17, 15) is 4.79 Å². The smallest absolute Gasteiger partial charge is 0.239 e. The molecular formula is C19H24N2O2. The minimum absolute atomic E-state index is 0.0108. The molecule has 2 rings (SSSR count). The van der Waals surface area contributed by atoms with Crippen LogP contribution in [0.4, 0.5) is 5.69 Å². The SMILES string of the molecule is Cc1cc(C)cc(N(C)CC(=O)NCCOc2ccccc2)c1. The number of aryl methyl sites for hydroxylation is 2. The van der Waals surface area contributed by atoms with E-state index < -0.39 is 0 Å². The Labute approximate surface area is 138 Å². The number of hydrogen-bond acceptors (Lipinski definition) is 3. The van der Waals surface area contributed by atoms with Gasteiger partial charge < -0.3 is 15.0 Å². The number of anilines is 1. The lowest BCUT2D eigenvalue weighted by molar-refractivity contribution is -0.119. The number of para-hydroxylation sites is 1. The number of benzene rings is 2. The molecule has 0 atom stereocenters. The number of likely N-dealkylation sites (N-methyl/N-ethyl adjacent to an activating group) is 1. The first kappa shape index (κ1) is 16.9. The zero-order valence-electron chi connectivity index (χ0n) is 14.0. The molecule has 1 N–H and O–H groups in total. The zero-order chi connectivity index (χ0) is 16.7. The largest absolute Gasteiger partial charge is 0.492 e. The molecule has 0 spiro atoms. The summed E-state index contributed by atoms with van der Waals surface area (Å²) in [5, 5.41) is 2.88. The summed E-state index contributed by atoms with van der Waals surface area (Å²) in [7, 11) is 1.92. The van der Waals surface area contributed by atoms with Gasteiger partial charge in [0.25, 0.3) is 0 Å². The van der Waals surface area contributed by atoms with E-state index in [2.05, 4.69) is 37.4 Å². The highest BCUT2D eigenvalue weighted by atomic mass is 16.5. The maximum atomic E-state index is 12.0. The van der Waals surface area contributed by atoms with Gasteiger partial charge in [0.2, 0.25) is 5.91 Å². The summed E-state index contributed by atoms with van der Waals surface area (Å²) in [6, 6.07) is 15.9. The van der Waals surface area contributed by atoms with Crippen molar-refractivity contribution in [2.75, 3.05) is 31.6 Å². The minimum atomic E-state index is -0.0108. The molecular weight excluding hydrogens is 288 g/mol. The van der Waals surface area contributed by atoms with Crippen LogP contribution in [-0.2, 0) is 4.79 Å². The summed E-state index contributed by atoms with van der Waals surface area (Å²) in [5.74, 6) is 0.803. The summed E-state index contributed by atoms with van der Waals surface area (Å²) in [4.78, 5) is 14.0. The zero-order valence-corrected chi connectivity index (χ0v) is 14.0. The van der Waals surface area contributed by atoms with Crippen LogP contribution < -0.4 is 15.0 Å². The molecule has 1 amide bonds. The van der Waals surface area contributed by atoms with Gasteiger partial charge in [0.15, 0.2) is 0 Å². The lowest BCUT2D eigenvalue weighted by Gasteiger charge is -2.20. The predicted molar refractivity (Wildman–Crippen MR) is 94.1 cm³/mol. The second-order valence-electron chi connectivity index (χ2n) is 5.71. The molecule has 122 valence electrons. The van der Waals surface area contributed by atoms with Crippen LogP contribution in [0.2, 0.25) is 0 Å². The molecule has 0 aliphatic rings. The molecule has 4 nitrogen and oxygen atoms in total. The molecule has 0 saturated carbocycles. The van der Waals surface area contributed by atoms with E-state index in [1.165, 1.54) is 11.1 Å². The van der Waals surface area contributed by atoms with Gasteiger partial charge in [-0.2, -0.15) is 0 Å². The monoisotopic (exact) mass is 312 g/mol. The fourth-order valence-corrected chi connectivity index (χ4v) is 2.41. The van der Waals surface area contributed by atoms with Crippen LogP contribution in [0.25, 0.3) is 0 Å². The van der Waals surface area contributed by atoms with Gasteiger partial charge in [0, 0.05) is 12.7 Å². The molecule has 0 heterocycles. The van der Waals surface area contributed by atoms with Crippen LogP contribution in [0, 0.1) is 13.8 Å². The lowest BCUT2D eigenvalue weighted by Crippen LogP contribution is -2.37. The van der Waals surface area contributed by atoms with Gasteiger partial charge in [-0.25, -0.2) is 0 Å². The van der Waals surface area contributed by atoms with Crippen molar-refractivity contribution in [2.24, 2.45) is 0 Å². The molecule has 4 heteroatoms. The average Bonchev–Trinajstić information content (AvgIpc) is 2.51. The van der Waals surface area contributed by atoms with Crippen molar-refractivity contribution in [3.05, 3.63) is 59.7 Å². The van der Waals surface area contributed by atoms with E-state index in [-0.39, 0.29) is 5.91 Å². The third-order valence-corrected chi connectivity index (χ3v) is 3.46. The summed E-state index contributed by atoms with van der Waals surface area (Å²) >= 11 is 0. The molecule has 2 aromatic carbocycles. The Morgan fingerprint density at radius 1 is 1.09 bits per heavy atom. The fraction of sp³-hybridized carbons (Fsp3) is 0.316. The molecule has 0 aromatic heterocycles. The molecule has 0 aliphatic carbocycles. The first-order valence-electron chi connectivity index (χ1n) is 7.78. The molecule has 0 fully saturated rings. The minimum Gasteiger partial charge on any atom is -0.492 e. The maximum Gasteiger partial charge on any atom is 0.239 e. The number of carbonyl (C=O) groups is 1. The highest BCUT2D eigenvalue weighted by Crippen LogP contribution is 2.17. The first-order valence-corrected chi connectivity index (χ1v) is 7.78. The van der Waals surface area contributed by atoms with Gasteiger partial charge in [0.1, 0.15) is 12.4 Å². The second-order valence-corrected chi connectivity index (χ2v) is 5.71. The van der Waals surface area contributed by atoms with Gasteiger partial charge >= 0.3 is 0 Å². The van der Waals surface area contributed by atoms with E-state index in [4.69, 9.17) is 4.74 Å². The Balaban J connectivity index is 1.73. The number of hydrogen-bond donors (Lipinski definition) is 1. The fourth-order valence-electron chi connectivity index (χ4n) is 2.41. The van der Waals surface area contributed by atoms with Gasteiger partial charge in [-0.3, -0.25) is 4.79 Å². The normalized spacial score (nSPS) is 10.2. The Morgan fingerprint density at radius 3 is 2.39 bits per heavy atom. The molecule has 0 aliphatic heterocycles. The van der Waals surface area contributed by atoms with Crippen LogP contribution in [-0.4, -0.2) is 32.7 Å². The summed E-state index contributed by atoms with van der Waals surface area (Å²) < 4.78 is 5.55. The predicted octanol–water partition coefficient (Wildman–Crippen LogP) is 2.93. The molecule has 23 heavy (non-hydrogen) atoms. The number of nitrogens with one attached hydrogen (secondary N) is 1. The first-order chi connectivity index (χ1) is 11.0. The van der Waals surface area contributed by atoms with Gasteiger partial charge in [-0.1, -0.05) is 24.3 Å². The molecule has 0 saturated heterocycles. The Kier molecular flexibility index (Phi) is 6.03. The maximum absolute atomic E-state index is 12.0. The Bertz CT molecular complexity index is 621. The Hall–Kier alpha value is -2.49. The van der Waals surface area contributed by atoms with Crippen molar-refractivity contribution in [2.45, 2.75) is 13.8 Å². The van der Waals surface area contributed by atoms with E-state index in [1.54, 1.807) is 0 Å². The number of amides is 1. The van der Waals surface area contributed by atoms with Crippen molar-refractivity contribution >= 4 is 11.6 Å². The van der Waals surface area contributed by atoms with E-state index >= 15 is 0 Å². The average molecular weight is 312 g/mol. The number of ether oxygens (including phenoxy) is 1. The van der Waals surface area contributed by atoms with Crippen molar-refractivity contribution in [1.29, 1.82) is 0 Å². The third-order valence-electron chi connectivity index (χ3n) is 3.46. The van der Waals surface area contributed by atoms with E-state index in [0.29, 0.717) is 19.7 Å². The van der Waals surface area contributed by atoms with Crippen LogP contribution >= 0.6 is 0 Å². The highest BCUT2D eigenvalue weighted by Gasteiger charge is 2.08. The summed E-state index contributed by atoms with van der Waals surface area (Å²) in [5.41, 5.74) is 3.45. The molecule has 2 aromatic rings. The quantitative estimate of drug-likeness (QED) is 0.799.